The standard InChI is InChI=1S/C11H20O.C11H22O.C9H12O2.C7H16O.6C5H12O.3C2H6O.C2H6/c1-10(2)8-5-6-11(10,3)9(7-8)12-4;1-8(2)10-6-5-9(3)7-11(10)12-4;1-10-7-8-11-9-5-3-2-4-6-9;1-4-5-6-7(2)8-3;5*1-5(2)4-6-3;1-3-4-5-6-2;3*1-3-2;1-2/h8-9H,5-7H2,1-4H3;8-11H,5-7H2,1-4H3;2-6H,7-8H2,1H3;7H,4-6H2,1-3H3;5*5H,4H2,1-3H3;3-5H2,1-2H3;3*1-2H3;1-2H3. The van der Waals surface area contributed by atoms with Gasteiger partial charge in [-0.2, -0.15) is 0 Å². The molecule has 90 heavy (non-hydrogen) atoms. The summed E-state index contributed by atoms with van der Waals surface area (Å²) in [4.78, 5) is 0. The molecule has 0 N–H and O–H groups in total. The van der Waals surface area contributed by atoms with Crippen molar-refractivity contribution < 1.29 is 66.3 Å². The lowest BCUT2D eigenvalue weighted by Gasteiger charge is -2.38. The van der Waals surface area contributed by atoms with Crippen LogP contribution in [0.5, 0.6) is 5.75 Å². The topological polar surface area (TPSA) is 129 Å². The van der Waals surface area contributed by atoms with Crippen LogP contribution in [0.1, 0.15) is 216 Å². The lowest BCUT2D eigenvalue weighted by Crippen LogP contribution is -2.36. The third kappa shape index (κ3) is 82.6. The maximum absolute atomic E-state index is 5.58. The van der Waals surface area contributed by atoms with Crippen molar-refractivity contribution in [3.63, 3.8) is 0 Å². The van der Waals surface area contributed by atoms with Crippen LogP contribution in [-0.4, -0.2) is 185 Å². The summed E-state index contributed by atoms with van der Waals surface area (Å²) in [5, 5.41) is 0. The zero-order valence-corrected chi connectivity index (χ0v) is 67.5. The third-order valence-electron chi connectivity index (χ3n) is 14.1. The predicted molar refractivity (Wildman–Crippen MR) is 392 cm³/mol. The molecule has 1 aromatic carbocycles. The lowest BCUT2D eigenvalue weighted by atomic mass is 9.70. The number of ether oxygens (including phenoxy) is 14. The van der Waals surface area contributed by atoms with Crippen molar-refractivity contribution in [3.8, 4) is 5.75 Å². The average Bonchev–Trinajstić information content (AvgIpc) is 1.75. The van der Waals surface area contributed by atoms with Gasteiger partial charge >= 0.3 is 0 Å². The molecule has 2 bridgehead atoms. The number of benzene rings is 1. The van der Waals surface area contributed by atoms with Gasteiger partial charge in [0.1, 0.15) is 12.4 Å². The number of unbranched alkanes of at least 4 members (excludes halogenated alkanes) is 2. The van der Waals surface area contributed by atoms with Crippen LogP contribution in [0.2, 0.25) is 0 Å². The molecule has 0 aromatic heterocycles. The summed E-state index contributed by atoms with van der Waals surface area (Å²) in [6.45, 7) is 52.5. The van der Waals surface area contributed by atoms with Gasteiger partial charge in [-0.3, -0.25) is 0 Å². The maximum atomic E-state index is 5.58. The normalized spacial score (nSPS) is 18.6. The molecule has 3 saturated carbocycles. The molecule has 3 aliphatic rings. The van der Waals surface area contributed by atoms with Crippen molar-refractivity contribution in [2.24, 2.45) is 64.1 Å². The number of para-hydroxylation sites is 1. The first-order chi connectivity index (χ1) is 42.4. The Kier molecular flexibility index (Phi) is 104. The first-order valence-electron chi connectivity index (χ1n) is 34.3. The van der Waals surface area contributed by atoms with Gasteiger partial charge in [0.05, 0.1) is 24.9 Å². The summed E-state index contributed by atoms with van der Waals surface area (Å²) in [5.41, 5.74) is 0.958. The van der Waals surface area contributed by atoms with E-state index in [2.05, 4.69) is 146 Å². The van der Waals surface area contributed by atoms with E-state index in [1.54, 1.807) is 99.5 Å². The lowest BCUT2D eigenvalue weighted by molar-refractivity contribution is -0.0200. The molecule has 0 heterocycles. The minimum atomic E-state index is 0.451. The number of hydrogen-bond acceptors (Lipinski definition) is 14. The zero-order valence-electron chi connectivity index (χ0n) is 67.5. The average molecular weight is 1300 g/mol. The van der Waals surface area contributed by atoms with E-state index in [9.17, 15) is 0 Å². The second-order valence-electron chi connectivity index (χ2n) is 26.1. The minimum Gasteiger partial charge on any atom is -0.491 e. The van der Waals surface area contributed by atoms with Gasteiger partial charge in [-0.15, -0.1) is 0 Å². The van der Waals surface area contributed by atoms with E-state index in [4.69, 9.17) is 52.1 Å². The molecule has 0 saturated heterocycles. The van der Waals surface area contributed by atoms with Crippen molar-refractivity contribution in [2.45, 2.75) is 234 Å². The molecule has 4 rings (SSSR count). The summed E-state index contributed by atoms with van der Waals surface area (Å²) < 4.78 is 67.9. The molecule has 14 nitrogen and oxygen atoms in total. The molecule has 7 unspecified atom stereocenters. The van der Waals surface area contributed by atoms with Crippen LogP contribution in [-0.2, 0) is 61.6 Å². The van der Waals surface area contributed by atoms with Crippen LogP contribution in [0, 0.1) is 64.1 Å². The Hall–Kier alpha value is -1.50. The van der Waals surface area contributed by atoms with Gasteiger partial charge in [0.2, 0.25) is 0 Å². The fourth-order valence-corrected chi connectivity index (χ4v) is 9.20. The smallest absolute Gasteiger partial charge is 0.119 e. The van der Waals surface area contributed by atoms with Crippen LogP contribution in [0.15, 0.2) is 30.3 Å². The van der Waals surface area contributed by atoms with Crippen molar-refractivity contribution in [1.29, 1.82) is 0 Å². The minimum absolute atomic E-state index is 0.451. The van der Waals surface area contributed by atoms with Crippen molar-refractivity contribution in [3.05, 3.63) is 30.3 Å². The number of methoxy groups -OCH3 is 13. The summed E-state index contributed by atoms with van der Waals surface area (Å²) in [7, 11) is 27.2. The van der Waals surface area contributed by atoms with E-state index in [0.29, 0.717) is 71.9 Å². The molecular weight excluding hydrogens is 1140 g/mol. The molecule has 0 amide bonds. The van der Waals surface area contributed by atoms with E-state index in [1.165, 1.54) is 70.6 Å². The quantitative estimate of drug-likeness (QED) is 0.0910. The van der Waals surface area contributed by atoms with E-state index >= 15 is 0 Å². The maximum Gasteiger partial charge on any atom is 0.119 e. The predicted octanol–water partition coefficient (Wildman–Crippen LogP) is 19.6. The molecular formula is C76H166O14. The Morgan fingerprint density at radius 3 is 1.06 bits per heavy atom. The van der Waals surface area contributed by atoms with Crippen LogP contribution >= 0.6 is 0 Å². The van der Waals surface area contributed by atoms with Gasteiger partial charge in [0, 0.05) is 153 Å². The van der Waals surface area contributed by atoms with Gasteiger partial charge in [-0.05, 0) is 128 Å². The fraction of sp³-hybridized carbons (Fsp3) is 0.921. The van der Waals surface area contributed by atoms with E-state index < -0.39 is 0 Å². The van der Waals surface area contributed by atoms with Crippen molar-refractivity contribution in [2.75, 3.05) is 167 Å². The number of rotatable bonds is 24. The fourth-order valence-electron chi connectivity index (χ4n) is 9.20. The van der Waals surface area contributed by atoms with Gasteiger partial charge in [-0.25, -0.2) is 0 Å². The first-order valence-corrected chi connectivity index (χ1v) is 34.3. The van der Waals surface area contributed by atoms with Gasteiger partial charge < -0.3 is 66.3 Å². The first kappa shape index (κ1) is 110. The number of hydrogen-bond donors (Lipinski definition) is 0. The molecule has 7 atom stereocenters. The second kappa shape index (κ2) is 85.5. The highest BCUT2D eigenvalue weighted by molar-refractivity contribution is 5.20. The van der Waals surface area contributed by atoms with Crippen molar-refractivity contribution >= 4 is 0 Å². The summed E-state index contributed by atoms with van der Waals surface area (Å²) in [6.07, 6.45) is 15.8. The molecule has 3 fully saturated rings. The zero-order chi connectivity index (χ0) is 72.4. The second-order valence-corrected chi connectivity index (χ2v) is 26.1. The summed E-state index contributed by atoms with van der Waals surface area (Å²) in [5.74, 6) is 7.63. The van der Waals surface area contributed by atoms with Crippen LogP contribution in [0.4, 0.5) is 0 Å². The van der Waals surface area contributed by atoms with Crippen LogP contribution in [0.25, 0.3) is 0 Å². The molecule has 3 aliphatic carbocycles. The molecule has 0 aliphatic heterocycles. The SMILES string of the molecule is CC.CCCCC(C)OC.CCCCOC.COC.COC.COC.COC1CC(C)CCC1C(C)C.COC1CC2CCC1(C)C2(C)C.COCC(C)C.COCC(C)C.COCC(C)C.COCC(C)C.COCC(C)C.COCCOc1ccccc1. The molecule has 1 aromatic rings. The van der Waals surface area contributed by atoms with E-state index in [-0.39, 0.29) is 0 Å². The van der Waals surface area contributed by atoms with Crippen LogP contribution < -0.4 is 4.74 Å². The monoisotopic (exact) mass is 1300 g/mol. The Morgan fingerprint density at radius 2 is 0.833 bits per heavy atom. The molecule has 0 spiro atoms. The number of fused-ring (bicyclic) bond motifs is 2. The highest BCUT2D eigenvalue weighted by atomic mass is 16.5. The third-order valence-corrected chi connectivity index (χ3v) is 14.1. The summed E-state index contributed by atoms with van der Waals surface area (Å²) in [6, 6.07) is 9.71. The Balaban J connectivity index is -0.0000000983. The highest BCUT2D eigenvalue weighted by Gasteiger charge is 2.61. The van der Waals surface area contributed by atoms with Crippen LogP contribution in [0.3, 0.4) is 0 Å². The molecule has 14 heteroatoms. The molecule has 554 valence electrons. The Labute approximate surface area is 565 Å². The van der Waals surface area contributed by atoms with Gasteiger partial charge in [0.15, 0.2) is 0 Å². The molecule has 0 radical (unpaired) electrons. The van der Waals surface area contributed by atoms with Gasteiger partial charge in [-0.1, -0.05) is 182 Å². The van der Waals surface area contributed by atoms with E-state index in [1.807, 2.05) is 58.4 Å². The largest absolute Gasteiger partial charge is 0.491 e. The Bertz CT molecular complexity index is 1270. The highest BCUT2D eigenvalue weighted by Crippen LogP contribution is 2.66. The summed E-state index contributed by atoms with van der Waals surface area (Å²) >= 11 is 0. The van der Waals surface area contributed by atoms with Gasteiger partial charge in [0.25, 0.3) is 0 Å². The van der Waals surface area contributed by atoms with Crippen molar-refractivity contribution in [1.82, 2.24) is 0 Å². The van der Waals surface area contributed by atoms with E-state index in [0.717, 1.165) is 69.1 Å². The Morgan fingerprint density at radius 1 is 0.456 bits per heavy atom.